The van der Waals surface area contributed by atoms with E-state index in [1.54, 1.807) is 18.5 Å². The van der Waals surface area contributed by atoms with Crippen LogP contribution in [0.15, 0.2) is 23.8 Å². The molecule has 3 rings (SSSR count). The van der Waals surface area contributed by atoms with Crippen molar-refractivity contribution in [2.45, 2.75) is 38.1 Å². The van der Waals surface area contributed by atoms with Crippen molar-refractivity contribution >= 4 is 17.2 Å². The summed E-state index contributed by atoms with van der Waals surface area (Å²) in [4.78, 5) is 27.5. The van der Waals surface area contributed by atoms with Gasteiger partial charge in [0.05, 0.1) is 11.7 Å². The van der Waals surface area contributed by atoms with Gasteiger partial charge in [-0.05, 0) is 32.5 Å². The Hall–Kier alpha value is -1.86. The van der Waals surface area contributed by atoms with E-state index in [4.69, 9.17) is 0 Å². The van der Waals surface area contributed by atoms with Crippen LogP contribution in [0.3, 0.4) is 0 Å². The Labute approximate surface area is 146 Å². The minimum atomic E-state index is 0.0104. The minimum Gasteiger partial charge on any atom is -0.354 e. The number of likely N-dealkylation sites (N-methyl/N-ethyl adjacent to an activating group) is 1. The highest BCUT2D eigenvalue weighted by Crippen LogP contribution is 2.19. The van der Waals surface area contributed by atoms with Crippen LogP contribution in [0.4, 0.5) is 0 Å². The number of rotatable bonds is 5. The third-order valence-electron chi connectivity index (χ3n) is 4.31. The molecule has 7 heteroatoms. The lowest BCUT2D eigenvalue weighted by Crippen LogP contribution is -2.45. The number of hydrogen-bond acceptors (Lipinski definition) is 6. The maximum absolute atomic E-state index is 12.4. The molecule has 3 heterocycles. The third kappa shape index (κ3) is 4.36. The molecule has 0 bridgehead atoms. The maximum atomic E-state index is 12.4. The lowest BCUT2D eigenvalue weighted by atomic mass is 10.1. The van der Waals surface area contributed by atoms with Gasteiger partial charge in [0.1, 0.15) is 0 Å². The highest BCUT2D eigenvalue weighted by molar-refractivity contribution is 7.13. The van der Waals surface area contributed by atoms with Crippen molar-refractivity contribution in [2.24, 2.45) is 0 Å². The monoisotopic (exact) mass is 345 g/mol. The zero-order chi connectivity index (χ0) is 16.8. The second-order valence-electron chi connectivity index (χ2n) is 6.10. The summed E-state index contributed by atoms with van der Waals surface area (Å²) in [6.07, 6.45) is 8.65. The van der Waals surface area contributed by atoms with E-state index in [9.17, 15) is 4.79 Å². The fraction of sp³-hybridized carbons (Fsp3) is 0.529. The number of carbonyl (C=O) groups excluding carboxylic acids is 1. The summed E-state index contributed by atoms with van der Waals surface area (Å²) in [7, 11) is 2.04. The number of nitrogens with one attached hydrogen (secondary N) is 1. The molecule has 0 saturated carbocycles. The molecule has 1 aliphatic rings. The SMILES string of the molecule is CN1CCCCC[C@@H]1C(=O)NCCc1csc(-c2ncccn2)n1. The van der Waals surface area contributed by atoms with Crippen molar-refractivity contribution in [1.29, 1.82) is 0 Å². The van der Waals surface area contributed by atoms with E-state index in [0.29, 0.717) is 12.4 Å². The molecule has 128 valence electrons. The Morgan fingerprint density at radius 3 is 3.00 bits per heavy atom. The predicted molar refractivity (Wildman–Crippen MR) is 94.7 cm³/mol. The van der Waals surface area contributed by atoms with E-state index >= 15 is 0 Å². The number of nitrogens with zero attached hydrogens (tertiary/aromatic N) is 4. The first-order valence-electron chi connectivity index (χ1n) is 8.44. The Morgan fingerprint density at radius 1 is 1.33 bits per heavy atom. The summed E-state index contributed by atoms with van der Waals surface area (Å²) < 4.78 is 0. The second kappa shape index (κ2) is 8.30. The zero-order valence-electron chi connectivity index (χ0n) is 13.9. The van der Waals surface area contributed by atoms with Crippen LogP contribution in [-0.4, -0.2) is 51.9 Å². The van der Waals surface area contributed by atoms with E-state index in [1.807, 2.05) is 12.4 Å². The van der Waals surface area contributed by atoms with Gasteiger partial charge in [-0.25, -0.2) is 15.0 Å². The van der Waals surface area contributed by atoms with Crippen molar-refractivity contribution in [3.8, 4) is 10.8 Å². The largest absolute Gasteiger partial charge is 0.354 e. The average molecular weight is 345 g/mol. The van der Waals surface area contributed by atoms with Gasteiger partial charge in [0, 0.05) is 30.7 Å². The Bertz CT molecular complexity index is 660. The Kier molecular flexibility index (Phi) is 5.87. The summed E-state index contributed by atoms with van der Waals surface area (Å²) in [6, 6.07) is 1.80. The molecule has 2 aromatic heterocycles. The van der Waals surface area contributed by atoms with Crippen molar-refractivity contribution in [3.63, 3.8) is 0 Å². The van der Waals surface area contributed by atoms with E-state index in [-0.39, 0.29) is 11.9 Å². The molecule has 0 unspecified atom stereocenters. The van der Waals surface area contributed by atoms with E-state index in [0.717, 1.165) is 36.5 Å². The van der Waals surface area contributed by atoms with Crippen molar-refractivity contribution < 1.29 is 4.79 Å². The number of hydrogen-bond donors (Lipinski definition) is 1. The molecular formula is C17H23N5OS. The molecule has 24 heavy (non-hydrogen) atoms. The number of amides is 1. The molecule has 2 aromatic rings. The van der Waals surface area contributed by atoms with Crippen LogP contribution in [0, 0.1) is 0 Å². The first-order valence-corrected chi connectivity index (χ1v) is 9.32. The lowest BCUT2D eigenvalue weighted by Gasteiger charge is -2.24. The first-order chi connectivity index (χ1) is 11.7. The van der Waals surface area contributed by atoms with Crippen LogP contribution in [0.5, 0.6) is 0 Å². The normalized spacial score (nSPS) is 19.0. The van der Waals surface area contributed by atoms with Crippen LogP contribution in [0.1, 0.15) is 31.4 Å². The number of aromatic nitrogens is 3. The smallest absolute Gasteiger partial charge is 0.237 e. The van der Waals surface area contributed by atoms with Gasteiger partial charge in [-0.15, -0.1) is 11.3 Å². The van der Waals surface area contributed by atoms with Gasteiger partial charge in [-0.2, -0.15) is 0 Å². The second-order valence-corrected chi connectivity index (χ2v) is 6.96. The molecule has 0 radical (unpaired) electrons. The number of carbonyl (C=O) groups is 1. The summed E-state index contributed by atoms with van der Waals surface area (Å²) in [5, 5.41) is 5.89. The Balaban J connectivity index is 1.49. The van der Waals surface area contributed by atoms with Crippen LogP contribution in [0.25, 0.3) is 10.8 Å². The topological polar surface area (TPSA) is 71.0 Å². The standard InChI is InChI=1S/C17H23N5OS/c1-22-11-4-2-3-6-14(22)16(23)20-10-7-13-12-24-17(21-13)15-18-8-5-9-19-15/h5,8-9,12,14H,2-4,6-7,10-11H2,1H3,(H,20,23)/t14-/m1/s1. The highest BCUT2D eigenvalue weighted by Gasteiger charge is 2.24. The summed E-state index contributed by atoms with van der Waals surface area (Å²) >= 11 is 1.54. The number of likely N-dealkylation sites (tertiary alicyclic amines) is 1. The van der Waals surface area contributed by atoms with Gasteiger partial charge in [0.25, 0.3) is 0 Å². The van der Waals surface area contributed by atoms with Gasteiger partial charge in [-0.1, -0.05) is 12.8 Å². The fourth-order valence-electron chi connectivity index (χ4n) is 2.95. The molecule has 1 atom stereocenters. The molecule has 0 aliphatic carbocycles. The van der Waals surface area contributed by atoms with Crippen molar-refractivity contribution in [3.05, 3.63) is 29.5 Å². The van der Waals surface area contributed by atoms with Crippen molar-refractivity contribution in [2.75, 3.05) is 20.1 Å². The van der Waals surface area contributed by atoms with E-state index < -0.39 is 0 Å². The molecule has 1 saturated heterocycles. The first kappa shape index (κ1) is 17.0. The van der Waals surface area contributed by atoms with Gasteiger partial charge in [0.15, 0.2) is 10.8 Å². The summed E-state index contributed by atoms with van der Waals surface area (Å²) in [6.45, 7) is 1.62. The molecule has 1 N–H and O–H groups in total. The van der Waals surface area contributed by atoms with Gasteiger partial charge < -0.3 is 5.32 Å². The minimum absolute atomic E-state index is 0.0104. The maximum Gasteiger partial charge on any atom is 0.237 e. The molecule has 1 fully saturated rings. The molecule has 1 amide bonds. The van der Waals surface area contributed by atoms with Gasteiger partial charge in [0.2, 0.25) is 5.91 Å². The predicted octanol–water partition coefficient (Wildman–Crippen LogP) is 2.13. The molecule has 1 aliphatic heterocycles. The quantitative estimate of drug-likeness (QED) is 0.899. The molecule has 6 nitrogen and oxygen atoms in total. The lowest BCUT2D eigenvalue weighted by molar-refractivity contribution is -0.126. The van der Waals surface area contributed by atoms with Gasteiger partial charge >= 0.3 is 0 Å². The van der Waals surface area contributed by atoms with Crippen LogP contribution in [-0.2, 0) is 11.2 Å². The van der Waals surface area contributed by atoms with E-state index in [2.05, 4.69) is 25.2 Å². The van der Waals surface area contributed by atoms with Crippen molar-refractivity contribution in [1.82, 2.24) is 25.2 Å². The van der Waals surface area contributed by atoms with Gasteiger partial charge in [-0.3, -0.25) is 9.69 Å². The molecular weight excluding hydrogens is 322 g/mol. The molecule has 0 spiro atoms. The van der Waals surface area contributed by atoms with Crippen LogP contribution >= 0.6 is 11.3 Å². The zero-order valence-corrected chi connectivity index (χ0v) is 14.8. The molecule has 0 aromatic carbocycles. The van der Waals surface area contributed by atoms with E-state index in [1.165, 1.54) is 24.2 Å². The highest BCUT2D eigenvalue weighted by atomic mass is 32.1. The van der Waals surface area contributed by atoms with Crippen LogP contribution in [0.2, 0.25) is 0 Å². The Morgan fingerprint density at radius 2 is 2.17 bits per heavy atom. The number of thiazole rings is 1. The van der Waals surface area contributed by atoms with Crippen LogP contribution < -0.4 is 5.32 Å². The average Bonchev–Trinajstić information content (AvgIpc) is 2.97. The third-order valence-corrected chi connectivity index (χ3v) is 5.20. The fourth-order valence-corrected chi connectivity index (χ4v) is 3.75. The summed E-state index contributed by atoms with van der Waals surface area (Å²) in [5.74, 6) is 0.791. The summed E-state index contributed by atoms with van der Waals surface area (Å²) in [5.41, 5.74) is 0.969.